The fraction of sp³-hybridized carbons (Fsp3) is 0.556. The van der Waals surface area contributed by atoms with Crippen LogP contribution in [0.1, 0.15) is 53.7 Å². The van der Waals surface area contributed by atoms with Crippen molar-refractivity contribution in [1.82, 2.24) is 10.2 Å². The smallest absolute Gasteiger partial charge is 0.410 e. The molecule has 0 spiro atoms. The van der Waals surface area contributed by atoms with Crippen LogP contribution in [-0.2, 0) is 4.74 Å². The van der Waals surface area contributed by atoms with E-state index < -0.39 is 5.60 Å². The van der Waals surface area contributed by atoms with Gasteiger partial charge >= 0.3 is 6.09 Å². The molecule has 0 bridgehead atoms. The second-order valence-electron chi connectivity index (χ2n) is 7.62. The van der Waals surface area contributed by atoms with Crippen LogP contribution >= 0.6 is 0 Å². The molecule has 5 nitrogen and oxygen atoms in total. The Labute approximate surface area is 137 Å². The van der Waals surface area contributed by atoms with Crippen molar-refractivity contribution in [2.75, 3.05) is 13.1 Å². The predicted octanol–water partition coefficient (Wildman–Crippen LogP) is 2.75. The Kier molecular flexibility index (Phi) is 3.62. The molecule has 2 atom stereocenters. The van der Waals surface area contributed by atoms with Gasteiger partial charge in [-0.2, -0.15) is 0 Å². The molecule has 0 aromatic heterocycles. The van der Waals surface area contributed by atoms with Crippen molar-refractivity contribution >= 4 is 12.0 Å². The number of carbonyl (C=O) groups is 2. The Morgan fingerprint density at radius 3 is 2.61 bits per heavy atom. The number of aryl methyl sites for hydroxylation is 2. The van der Waals surface area contributed by atoms with Crippen LogP contribution in [0, 0.1) is 13.8 Å². The summed E-state index contributed by atoms with van der Waals surface area (Å²) >= 11 is 0. The molecule has 0 saturated carbocycles. The molecule has 1 saturated heterocycles. The van der Waals surface area contributed by atoms with Gasteiger partial charge in [-0.15, -0.1) is 0 Å². The number of fused-ring (bicyclic) bond motifs is 3. The summed E-state index contributed by atoms with van der Waals surface area (Å²) in [6.07, 6.45) is -0.313. The molecule has 1 N–H and O–H groups in total. The lowest BCUT2D eigenvalue weighted by atomic mass is 9.83. The van der Waals surface area contributed by atoms with E-state index in [4.69, 9.17) is 4.74 Å². The van der Waals surface area contributed by atoms with Gasteiger partial charge in [-0.1, -0.05) is 17.7 Å². The van der Waals surface area contributed by atoms with Crippen LogP contribution in [-0.4, -0.2) is 41.6 Å². The first-order chi connectivity index (χ1) is 10.7. The number of nitrogens with zero attached hydrogens (tertiary/aromatic N) is 1. The highest BCUT2D eigenvalue weighted by molar-refractivity contribution is 5.99. The maximum Gasteiger partial charge on any atom is 0.410 e. The summed E-state index contributed by atoms with van der Waals surface area (Å²) in [6.45, 7) is 10.7. The largest absolute Gasteiger partial charge is 0.444 e. The Balaban J connectivity index is 1.89. The first kappa shape index (κ1) is 15.8. The van der Waals surface area contributed by atoms with E-state index in [0.717, 1.165) is 22.3 Å². The molecular formula is C18H24N2O3. The third-order valence-corrected chi connectivity index (χ3v) is 4.42. The monoisotopic (exact) mass is 316 g/mol. The number of carbonyl (C=O) groups excluding carboxylic acids is 2. The average Bonchev–Trinajstić information content (AvgIpc) is 2.79. The molecule has 0 aliphatic carbocycles. The molecule has 2 amide bonds. The summed E-state index contributed by atoms with van der Waals surface area (Å²) < 4.78 is 5.46. The molecule has 124 valence electrons. The molecular weight excluding hydrogens is 292 g/mol. The minimum atomic E-state index is -0.515. The van der Waals surface area contributed by atoms with Gasteiger partial charge in [0.15, 0.2) is 0 Å². The number of likely N-dealkylation sites (tertiary alicyclic amines) is 1. The van der Waals surface area contributed by atoms with Gasteiger partial charge in [0.25, 0.3) is 5.91 Å². The van der Waals surface area contributed by atoms with Crippen molar-refractivity contribution in [3.63, 3.8) is 0 Å². The van der Waals surface area contributed by atoms with Gasteiger partial charge in [-0.3, -0.25) is 4.79 Å². The van der Waals surface area contributed by atoms with Crippen molar-refractivity contribution in [1.29, 1.82) is 0 Å². The molecule has 2 aliphatic heterocycles. The standard InChI is InChI=1S/C18H24N2O3/c1-10-6-11(2)15-12(7-10)13-8-20(9-14(13)19-16(15)21)17(22)23-18(3,4)5/h6-7,13-14H,8-9H2,1-5H3,(H,19,21)/t13-,14+/m0/s1. The fourth-order valence-electron chi connectivity index (χ4n) is 3.58. The van der Waals surface area contributed by atoms with Crippen molar-refractivity contribution < 1.29 is 14.3 Å². The van der Waals surface area contributed by atoms with Crippen LogP contribution in [0.15, 0.2) is 12.1 Å². The van der Waals surface area contributed by atoms with Crippen molar-refractivity contribution in [2.24, 2.45) is 0 Å². The molecule has 0 unspecified atom stereocenters. The lowest BCUT2D eigenvalue weighted by Gasteiger charge is -2.29. The highest BCUT2D eigenvalue weighted by atomic mass is 16.6. The van der Waals surface area contributed by atoms with E-state index in [-0.39, 0.29) is 24.0 Å². The number of rotatable bonds is 0. The second-order valence-corrected chi connectivity index (χ2v) is 7.62. The number of amides is 2. The van der Waals surface area contributed by atoms with Crippen LogP contribution in [0.25, 0.3) is 0 Å². The molecule has 23 heavy (non-hydrogen) atoms. The number of benzene rings is 1. The first-order valence-electron chi connectivity index (χ1n) is 8.05. The quantitative estimate of drug-likeness (QED) is 0.800. The van der Waals surface area contributed by atoms with Crippen molar-refractivity contribution in [3.8, 4) is 0 Å². The Hall–Kier alpha value is -2.04. The molecule has 0 radical (unpaired) electrons. The zero-order valence-electron chi connectivity index (χ0n) is 14.4. The van der Waals surface area contributed by atoms with E-state index >= 15 is 0 Å². The lowest BCUT2D eigenvalue weighted by molar-refractivity contribution is 0.0288. The summed E-state index contributed by atoms with van der Waals surface area (Å²) in [7, 11) is 0. The van der Waals surface area contributed by atoms with Crippen LogP contribution < -0.4 is 5.32 Å². The number of hydrogen-bond donors (Lipinski definition) is 1. The summed E-state index contributed by atoms with van der Waals surface area (Å²) in [5, 5.41) is 3.05. The molecule has 2 aliphatic rings. The third-order valence-electron chi connectivity index (χ3n) is 4.42. The van der Waals surface area contributed by atoms with Crippen LogP contribution in [0.2, 0.25) is 0 Å². The van der Waals surface area contributed by atoms with E-state index in [1.165, 1.54) is 0 Å². The summed E-state index contributed by atoms with van der Waals surface area (Å²) in [5.41, 5.74) is 3.45. The number of nitrogens with one attached hydrogen (secondary N) is 1. The predicted molar refractivity (Wildman–Crippen MR) is 87.7 cm³/mol. The topological polar surface area (TPSA) is 58.6 Å². The minimum absolute atomic E-state index is 0.0372. The molecule has 1 aromatic carbocycles. The molecule has 1 fully saturated rings. The van der Waals surface area contributed by atoms with Gasteiger partial charge in [0.1, 0.15) is 5.60 Å². The highest BCUT2D eigenvalue weighted by Gasteiger charge is 2.43. The van der Waals surface area contributed by atoms with Crippen molar-refractivity contribution in [3.05, 3.63) is 34.4 Å². The Bertz CT molecular complexity index is 676. The van der Waals surface area contributed by atoms with Gasteiger partial charge in [0.05, 0.1) is 6.04 Å². The zero-order chi connectivity index (χ0) is 16.9. The minimum Gasteiger partial charge on any atom is -0.444 e. The van der Waals surface area contributed by atoms with Gasteiger partial charge in [-0.05, 0) is 45.7 Å². The first-order valence-corrected chi connectivity index (χ1v) is 8.05. The maximum atomic E-state index is 12.4. The average molecular weight is 316 g/mol. The molecule has 3 rings (SSSR count). The fourth-order valence-corrected chi connectivity index (χ4v) is 3.58. The molecule has 2 heterocycles. The number of ether oxygens (including phenoxy) is 1. The van der Waals surface area contributed by atoms with E-state index in [0.29, 0.717) is 13.1 Å². The Morgan fingerprint density at radius 1 is 1.26 bits per heavy atom. The second kappa shape index (κ2) is 5.25. The number of hydrogen-bond acceptors (Lipinski definition) is 3. The van der Waals surface area contributed by atoms with Gasteiger partial charge in [0, 0.05) is 24.6 Å². The summed E-state index contributed by atoms with van der Waals surface area (Å²) in [5.74, 6) is 0.0959. The lowest BCUT2D eigenvalue weighted by Crippen LogP contribution is -2.45. The van der Waals surface area contributed by atoms with Gasteiger partial charge < -0.3 is 15.0 Å². The van der Waals surface area contributed by atoms with Crippen LogP contribution in [0.3, 0.4) is 0 Å². The van der Waals surface area contributed by atoms with E-state index in [2.05, 4.69) is 11.4 Å². The van der Waals surface area contributed by atoms with Gasteiger partial charge in [0.2, 0.25) is 0 Å². The van der Waals surface area contributed by atoms with E-state index in [9.17, 15) is 9.59 Å². The Morgan fingerprint density at radius 2 is 1.96 bits per heavy atom. The van der Waals surface area contributed by atoms with Crippen molar-refractivity contribution in [2.45, 2.75) is 52.2 Å². The zero-order valence-corrected chi connectivity index (χ0v) is 14.4. The SMILES string of the molecule is Cc1cc(C)c2c(c1)[C@@H]1CN(C(=O)OC(C)(C)C)C[C@H]1NC2=O. The molecule has 1 aromatic rings. The van der Waals surface area contributed by atoms with Crippen LogP contribution in [0.5, 0.6) is 0 Å². The highest BCUT2D eigenvalue weighted by Crippen LogP contribution is 2.36. The summed E-state index contributed by atoms with van der Waals surface area (Å²) in [4.78, 5) is 26.4. The van der Waals surface area contributed by atoms with E-state index in [1.807, 2.05) is 40.7 Å². The normalized spacial score (nSPS) is 23.2. The van der Waals surface area contributed by atoms with E-state index in [1.54, 1.807) is 4.90 Å². The van der Waals surface area contributed by atoms with Gasteiger partial charge in [-0.25, -0.2) is 4.79 Å². The molecule has 5 heteroatoms. The summed E-state index contributed by atoms with van der Waals surface area (Å²) in [6, 6.07) is 4.07. The van der Waals surface area contributed by atoms with Crippen LogP contribution in [0.4, 0.5) is 4.79 Å². The maximum absolute atomic E-state index is 12.4. The third kappa shape index (κ3) is 2.92.